The topological polar surface area (TPSA) is 46.2 Å². The van der Waals surface area contributed by atoms with Crippen LogP contribution in [0.1, 0.15) is 32.6 Å². The van der Waals surface area contributed by atoms with Crippen LogP contribution in [0.2, 0.25) is 0 Å². The van der Waals surface area contributed by atoms with Crippen LogP contribution in [0.15, 0.2) is 0 Å². The van der Waals surface area contributed by atoms with Crippen molar-refractivity contribution in [2.45, 2.75) is 50.5 Å². The van der Waals surface area contributed by atoms with Gasteiger partial charge < -0.3 is 5.32 Å². The zero-order chi connectivity index (χ0) is 15.6. The van der Waals surface area contributed by atoms with Crippen molar-refractivity contribution < 1.29 is 27.2 Å². The minimum Gasteiger partial charge on any atom is -0.338 e. The second-order valence-corrected chi connectivity index (χ2v) is 5.78. The molecule has 20 heavy (non-hydrogen) atoms. The van der Waals surface area contributed by atoms with Gasteiger partial charge in [0, 0.05) is 0 Å². The zero-order valence-corrected chi connectivity index (χ0v) is 12.5. The van der Waals surface area contributed by atoms with Crippen LogP contribution in [0.4, 0.5) is 17.6 Å². The fraction of sp³-hybridized carbons (Fsp3) is 0.833. The van der Waals surface area contributed by atoms with Crippen molar-refractivity contribution in [1.82, 2.24) is 5.32 Å². The fourth-order valence-electron chi connectivity index (χ4n) is 2.52. The predicted molar refractivity (Wildman–Crippen MR) is 68.3 cm³/mol. The summed E-state index contributed by atoms with van der Waals surface area (Å²) < 4.78 is 50.5. The van der Waals surface area contributed by atoms with E-state index in [9.17, 15) is 27.2 Å². The highest BCUT2D eigenvalue weighted by atomic mass is 79.9. The molecule has 0 aromatic carbocycles. The van der Waals surface area contributed by atoms with Crippen molar-refractivity contribution in [3.05, 3.63) is 0 Å². The molecule has 0 bridgehead atoms. The first-order chi connectivity index (χ1) is 9.15. The quantitative estimate of drug-likeness (QED) is 0.604. The molecule has 8 heteroatoms. The van der Waals surface area contributed by atoms with Gasteiger partial charge in [-0.05, 0) is 18.8 Å². The lowest BCUT2D eigenvalue weighted by Crippen LogP contribution is -2.61. The third kappa shape index (κ3) is 3.51. The molecule has 2 unspecified atom stereocenters. The van der Waals surface area contributed by atoms with Crippen molar-refractivity contribution in [2.24, 2.45) is 5.92 Å². The minimum absolute atomic E-state index is 0.0484. The number of Topliss-reactive ketones (excluding diaryl/α,β-unsaturated/α-hetero) is 1. The zero-order valence-electron chi connectivity index (χ0n) is 10.9. The number of hydrogen-bond acceptors (Lipinski definition) is 2. The van der Waals surface area contributed by atoms with Gasteiger partial charge >= 0.3 is 12.3 Å². The lowest BCUT2D eigenvalue weighted by Gasteiger charge is -2.39. The Morgan fingerprint density at radius 2 is 2.05 bits per heavy atom. The summed E-state index contributed by atoms with van der Waals surface area (Å²) in [6.45, 7) is 1.83. The summed E-state index contributed by atoms with van der Waals surface area (Å²) >= 11 is 2.94. The van der Waals surface area contributed by atoms with E-state index in [1.165, 1.54) is 0 Å². The van der Waals surface area contributed by atoms with Gasteiger partial charge in [-0.2, -0.15) is 8.78 Å². The van der Waals surface area contributed by atoms with E-state index in [-0.39, 0.29) is 24.1 Å². The van der Waals surface area contributed by atoms with Gasteiger partial charge in [0.15, 0.2) is 5.78 Å². The molecule has 0 spiro atoms. The first-order valence-corrected chi connectivity index (χ1v) is 7.35. The standard InChI is InChI=1S/C12H16BrF4NO2/c1-7-3-2-4-11(5-7,8(19)6-13)18-10(20)12(16,17)9(14)15/h7,9H,2-6H2,1H3,(H,18,20). The van der Waals surface area contributed by atoms with Gasteiger partial charge in [-0.3, -0.25) is 9.59 Å². The second kappa shape index (κ2) is 6.41. The first kappa shape index (κ1) is 17.4. The Morgan fingerprint density at radius 1 is 1.45 bits per heavy atom. The maximum Gasteiger partial charge on any atom is 0.383 e. The Hall–Kier alpha value is -0.660. The number of rotatable bonds is 5. The molecule has 0 heterocycles. The highest BCUT2D eigenvalue weighted by molar-refractivity contribution is 9.09. The van der Waals surface area contributed by atoms with Crippen molar-refractivity contribution in [3.63, 3.8) is 0 Å². The molecule has 0 aromatic rings. The van der Waals surface area contributed by atoms with Gasteiger partial charge in [0.25, 0.3) is 5.91 Å². The van der Waals surface area contributed by atoms with Crippen LogP contribution < -0.4 is 5.32 Å². The molecule has 0 aliphatic heterocycles. The van der Waals surface area contributed by atoms with E-state index in [0.717, 1.165) is 6.42 Å². The van der Waals surface area contributed by atoms with E-state index < -0.39 is 29.6 Å². The Labute approximate surface area is 122 Å². The second-order valence-electron chi connectivity index (χ2n) is 5.22. The van der Waals surface area contributed by atoms with E-state index in [0.29, 0.717) is 6.42 Å². The maximum absolute atomic E-state index is 13.0. The lowest BCUT2D eigenvalue weighted by molar-refractivity contribution is -0.172. The Kier molecular flexibility index (Phi) is 5.57. The van der Waals surface area contributed by atoms with Gasteiger partial charge in [0.1, 0.15) is 0 Å². The van der Waals surface area contributed by atoms with Crippen molar-refractivity contribution in [2.75, 3.05) is 5.33 Å². The molecule has 1 saturated carbocycles. The number of amides is 1. The molecule has 1 amide bonds. The van der Waals surface area contributed by atoms with E-state index >= 15 is 0 Å². The highest BCUT2D eigenvalue weighted by Crippen LogP contribution is 2.35. The van der Waals surface area contributed by atoms with Crippen molar-refractivity contribution >= 4 is 27.6 Å². The summed E-state index contributed by atoms with van der Waals surface area (Å²) in [5, 5.41) is 1.76. The van der Waals surface area contributed by atoms with Crippen LogP contribution in [-0.2, 0) is 9.59 Å². The SMILES string of the molecule is CC1CCCC(NC(=O)C(F)(F)C(F)F)(C(=O)CBr)C1. The summed E-state index contributed by atoms with van der Waals surface area (Å²) in [6, 6.07) is 0. The molecule has 1 fully saturated rings. The van der Waals surface area contributed by atoms with Gasteiger partial charge in [-0.15, -0.1) is 0 Å². The van der Waals surface area contributed by atoms with E-state index in [2.05, 4.69) is 15.9 Å². The normalized spacial score (nSPS) is 27.4. The summed E-state index contributed by atoms with van der Waals surface area (Å²) in [5.74, 6) is -7.30. The summed E-state index contributed by atoms with van der Waals surface area (Å²) in [5.41, 5.74) is -1.48. The van der Waals surface area contributed by atoms with Crippen LogP contribution >= 0.6 is 15.9 Å². The van der Waals surface area contributed by atoms with Crippen LogP contribution in [0, 0.1) is 5.92 Å². The smallest absolute Gasteiger partial charge is 0.338 e. The lowest BCUT2D eigenvalue weighted by atomic mass is 9.74. The summed E-state index contributed by atoms with van der Waals surface area (Å²) in [4.78, 5) is 23.4. The van der Waals surface area contributed by atoms with Crippen LogP contribution in [0.3, 0.4) is 0 Å². The number of halogens is 5. The van der Waals surface area contributed by atoms with Crippen LogP contribution in [-0.4, -0.2) is 34.9 Å². The molecule has 0 aromatic heterocycles. The average molecular weight is 362 g/mol. The predicted octanol–water partition coefficient (Wildman–Crippen LogP) is 2.92. The molecule has 1 aliphatic rings. The van der Waals surface area contributed by atoms with Crippen LogP contribution in [0.25, 0.3) is 0 Å². The van der Waals surface area contributed by atoms with E-state index in [1.54, 1.807) is 0 Å². The first-order valence-electron chi connectivity index (χ1n) is 6.23. The molecule has 0 saturated heterocycles. The number of carbonyl (C=O) groups excluding carboxylic acids is 2. The largest absolute Gasteiger partial charge is 0.383 e. The molecule has 1 aliphatic carbocycles. The molecular weight excluding hydrogens is 346 g/mol. The molecule has 3 nitrogen and oxygen atoms in total. The fourth-order valence-corrected chi connectivity index (χ4v) is 3.05. The number of nitrogens with one attached hydrogen (secondary N) is 1. The maximum atomic E-state index is 13.0. The molecule has 0 radical (unpaired) electrons. The Morgan fingerprint density at radius 3 is 2.50 bits per heavy atom. The third-order valence-corrected chi connectivity index (χ3v) is 4.09. The average Bonchev–Trinajstić information content (AvgIpc) is 2.37. The minimum atomic E-state index is -4.79. The van der Waals surface area contributed by atoms with Crippen molar-refractivity contribution in [1.29, 1.82) is 0 Å². The molecular formula is C12H16BrF4NO2. The molecule has 2 atom stereocenters. The molecule has 1 rings (SSSR count). The number of ketones is 1. The van der Waals surface area contributed by atoms with Crippen molar-refractivity contribution in [3.8, 4) is 0 Å². The number of alkyl halides is 5. The summed E-state index contributed by atoms with van der Waals surface area (Å²) in [6.07, 6.45) is -2.35. The van der Waals surface area contributed by atoms with E-state index in [4.69, 9.17) is 0 Å². The van der Waals surface area contributed by atoms with E-state index in [1.807, 2.05) is 12.2 Å². The number of carbonyl (C=O) groups is 2. The van der Waals surface area contributed by atoms with Gasteiger partial charge in [0.2, 0.25) is 0 Å². The highest BCUT2D eigenvalue weighted by Gasteiger charge is 2.53. The Bertz CT molecular complexity index is 392. The van der Waals surface area contributed by atoms with Crippen LogP contribution in [0.5, 0.6) is 0 Å². The van der Waals surface area contributed by atoms with Gasteiger partial charge in [0.05, 0.1) is 10.9 Å². The monoisotopic (exact) mass is 361 g/mol. The summed E-state index contributed by atoms with van der Waals surface area (Å²) in [7, 11) is 0. The molecule has 116 valence electrons. The molecule has 1 N–H and O–H groups in total. The number of hydrogen-bond donors (Lipinski definition) is 1. The Balaban J connectivity index is 2.97. The van der Waals surface area contributed by atoms with Gasteiger partial charge in [-0.1, -0.05) is 35.7 Å². The third-order valence-electron chi connectivity index (χ3n) is 3.58. The van der Waals surface area contributed by atoms with Gasteiger partial charge in [-0.25, -0.2) is 8.78 Å².